The lowest BCUT2D eigenvalue weighted by Crippen LogP contribution is -2.14. The van der Waals surface area contributed by atoms with E-state index in [1.54, 1.807) is 6.07 Å². The van der Waals surface area contributed by atoms with Crippen molar-refractivity contribution in [2.75, 3.05) is 11.1 Å². The van der Waals surface area contributed by atoms with Crippen LogP contribution in [0.2, 0.25) is 5.02 Å². The first kappa shape index (κ1) is 13.9. The molecule has 1 heterocycles. The first-order chi connectivity index (χ1) is 8.97. The maximum Gasteiger partial charge on any atom is 0.251 e. The van der Waals surface area contributed by atoms with Gasteiger partial charge in [0.25, 0.3) is 5.91 Å². The Labute approximate surface area is 128 Å². The summed E-state index contributed by atoms with van der Waals surface area (Å²) in [5.74, 6) is -0.355. The Morgan fingerprint density at radius 2 is 2.05 bits per heavy atom. The fraction of sp³-hybridized carbons (Fsp3) is 0. The van der Waals surface area contributed by atoms with Crippen LogP contribution in [0.5, 0.6) is 0 Å². The molecule has 0 aliphatic heterocycles. The van der Waals surface area contributed by atoms with Crippen molar-refractivity contribution in [2.24, 2.45) is 5.73 Å². The lowest BCUT2D eigenvalue weighted by molar-refractivity contribution is 0.100. The molecule has 19 heavy (non-hydrogen) atoms. The van der Waals surface area contributed by atoms with Crippen molar-refractivity contribution in [1.29, 1.82) is 0 Å². The summed E-state index contributed by atoms with van der Waals surface area (Å²) in [5.41, 5.74) is 12.2. The van der Waals surface area contributed by atoms with Gasteiger partial charge in [0, 0.05) is 3.57 Å². The van der Waals surface area contributed by atoms with Crippen molar-refractivity contribution in [3.63, 3.8) is 0 Å². The van der Waals surface area contributed by atoms with E-state index in [2.05, 4.69) is 32.9 Å². The van der Waals surface area contributed by atoms with Crippen LogP contribution in [0, 0.1) is 3.57 Å². The molecule has 5 N–H and O–H groups in total. The molecule has 0 radical (unpaired) electrons. The second kappa shape index (κ2) is 5.62. The lowest BCUT2D eigenvalue weighted by Gasteiger charge is -2.12. The Hall–Kier alpha value is -1.54. The molecule has 2 rings (SSSR count). The first-order valence-electron chi connectivity index (χ1n) is 5.25. The van der Waals surface area contributed by atoms with Crippen molar-refractivity contribution in [3.8, 4) is 0 Å². The minimum absolute atomic E-state index is 0.230. The Balaban J connectivity index is 2.43. The molecular formula is C12H10ClIN4O. The lowest BCUT2D eigenvalue weighted by atomic mass is 10.2. The number of hydrogen-bond donors (Lipinski definition) is 3. The molecule has 1 amide bonds. The van der Waals surface area contributed by atoms with E-state index in [4.69, 9.17) is 23.1 Å². The van der Waals surface area contributed by atoms with Crippen LogP contribution in [0.1, 0.15) is 10.4 Å². The molecule has 0 spiro atoms. The van der Waals surface area contributed by atoms with Crippen LogP contribution in [0.25, 0.3) is 0 Å². The van der Waals surface area contributed by atoms with Crippen LogP contribution in [0.15, 0.2) is 30.5 Å². The molecule has 0 saturated carbocycles. The summed E-state index contributed by atoms with van der Waals surface area (Å²) in [5, 5.41) is 3.57. The summed E-state index contributed by atoms with van der Waals surface area (Å²) in [7, 11) is 0. The van der Waals surface area contributed by atoms with Gasteiger partial charge < -0.3 is 16.8 Å². The number of carbonyl (C=O) groups is 1. The maximum atomic E-state index is 11.4. The number of nitrogens with one attached hydrogen (secondary N) is 1. The summed E-state index contributed by atoms with van der Waals surface area (Å²) in [6, 6.07) is 6.92. The number of anilines is 3. The van der Waals surface area contributed by atoms with Gasteiger partial charge in [-0.1, -0.05) is 11.6 Å². The van der Waals surface area contributed by atoms with Crippen molar-refractivity contribution in [2.45, 2.75) is 0 Å². The average Bonchev–Trinajstić information content (AvgIpc) is 2.35. The normalized spacial score (nSPS) is 10.2. The fourth-order valence-electron chi connectivity index (χ4n) is 1.51. The van der Waals surface area contributed by atoms with E-state index in [9.17, 15) is 4.79 Å². The molecule has 1 aromatic heterocycles. The molecule has 2 aromatic rings. The minimum Gasteiger partial charge on any atom is -0.384 e. The third kappa shape index (κ3) is 3.27. The Kier molecular flexibility index (Phi) is 4.11. The van der Waals surface area contributed by atoms with E-state index in [0.717, 1.165) is 3.57 Å². The highest BCUT2D eigenvalue weighted by Gasteiger charge is 2.11. The van der Waals surface area contributed by atoms with Crippen LogP contribution in [-0.4, -0.2) is 10.9 Å². The zero-order valence-corrected chi connectivity index (χ0v) is 12.6. The van der Waals surface area contributed by atoms with E-state index in [1.165, 1.54) is 12.3 Å². The van der Waals surface area contributed by atoms with Gasteiger partial charge in [-0.25, -0.2) is 4.98 Å². The number of nitrogens with zero attached hydrogens (tertiary/aromatic N) is 1. The summed E-state index contributed by atoms with van der Waals surface area (Å²) in [6.07, 6.45) is 1.45. The number of carbonyl (C=O) groups excluding carboxylic acids is 1. The summed E-state index contributed by atoms with van der Waals surface area (Å²) in [4.78, 5) is 15.3. The third-order valence-electron chi connectivity index (χ3n) is 2.39. The van der Waals surface area contributed by atoms with E-state index in [1.807, 2.05) is 12.1 Å². The fourth-order valence-corrected chi connectivity index (χ4v) is 2.17. The van der Waals surface area contributed by atoms with Crippen molar-refractivity contribution in [3.05, 3.63) is 44.6 Å². The number of primary amides is 1. The molecule has 0 saturated heterocycles. The van der Waals surface area contributed by atoms with Crippen LogP contribution in [-0.2, 0) is 0 Å². The van der Waals surface area contributed by atoms with E-state index in [0.29, 0.717) is 16.4 Å². The molecular weight excluding hydrogens is 379 g/mol. The second-order valence-corrected chi connectivity index (χ2v) is 5.42. The van der Waals surface area contributed by atoms with E-state index in [-0.39, 0.29) is 11.4 Å². The van der Waals surface area contributed by atoms with E-state index >= 15 is 0 Å². The number of amides is 1. The minimum atomic E-state index is -0.585. The summed E-state index contributed by atoms with van der Waals surface area (Å²) >= 11 is 8.25. The zero-order chi connectivity index (χ0) is 14.0. The van der Waals surface area contributed by atoms with Gasteiger partial charge in [0.2, 0.25) is 0 Å². The first-order valence-corrected chi connectivity index (χ1v) is 6.70. The molecule has 5 nitrogen and oxygen atoms in total. The Morgan fingerprint density at radius 3 is 2.74 bits per heavy atom. The van der Waals surface area contributed by atoms with Crippen LogP contribution in [0.4, 0.5) is 17.2 Å². The second-order valence-electron chi connectivity index (χ2n) is 3.77. The molecule has 7 heteroatoms. The highest BCUT2D eigenvalue weighted by molar-refractivity contribution is 14.1. The number of nitrogens with two attached hydrogens (primary N) is 2. The molecule has 98 valence electrons. The van der Waals surface area contributed by atoms with Gasteiger partial charge in [0.05, 0.1) is 28.2 Å². The summed E-state index contributed by atoms with van der Waals surface area (Å²) < 4.78 is 1.01. The van der Waals surface area contributed by atoms with Gasteiger partial charge in [-0.05, 0) is 46.9 Å². The van der Waals surface area contributed by atoms with Gasteiger partial charge in [0.15, 0.2) is 0 Å². The monoisotopic (exact) mass is 388 g/mol. The summed E-state index contributed by atoms with van der Waals surface area (Å²) in [6.45, 7) is 0. The predicted octanol–water partition coefficient (Wildman–Crippen LogP) is 2.76. The average molecular weight is 389 g/mol. The van der Waals surface area contributed by atoms with Gasteiger partial charge in [-0.3, -0.25) is 4.79 Å². The molecule has 0 unspecified atom stereocenters. The van der Waals surface area contributed by atoms with Gasteiger partial charge in [-0.15, -0.1) is 0 Å². The number of halogens is 2. The highest BCUT2D eigenvalue weighted by Crippen LogP contribution is 2.28. The predicted molar refractivity (Wildman–Crippen MR) is 84.6 cm³/mol. The van der Waals surface area contributed by atoms with Crippen molar-refractivity contribution >= 4 is 57.3 Å². The molecule has 1 aromatic carbocycles. The number of hydrogen-bond acceptors (Lipinski definition) is 4. The highest BCUT2D eigenvalue weighted by atomic mass is 127. The topological polar surface area (TPSA) is 94.0 Å². The standard InChI is InChI=1S/C12H10ClIN4O/c13-8-2-1-6(14)3-9(8)18-10-5-17-11(15)4-7(10)12(16)19/h1-5,18H,(H2,15,17)(H2,16,19). The number of benzene rings is 1. The number of aromatic nitrogens is 1. The number of nitrogen functional groups attached to an aromatic ring is 1. The molecule has 0 atom stereocenters. The van der Waals surface area contributed by atoms with Crippen LogP contribution in [0.3, 0.4) is 0 Å². The third-order valence-corrected chi connectivity index (χ3v) is 3.39. The maximum absolute atomic E-state index is 11.4. The largest absolute Gasteiger partial charge is 0.384 e. The molecule has 0 bridgehead atoms. The SMILES string of the molecule is NC(=O)c1cc(N)ncc1Nc1cc(I)ccc1Cl. The quantitative estimate of drug-likeness (QED) is 0.705. The Bertz CT molecular complexity index is 648. The molecule has 0 aliphatic carbocycles. The zero-order valence-electron chi connectivity index (χ0n) is 9.65. The van der Waals surface area contributed by atoms with Crippen molar-refractivity contribution in [1.82, 2.24) is 4.98 Å². The van der Waals surface area contributed by atoms with Gasteiger partial charge in [0.1, 0.15) is 5.82 Å². The van der Waals surface area contributed by atoms with Crippen molar-refractivity contribution < 1.29 is 4.79 Å². The smallest absolute Gasteiger partial charge is 0.251 e. The van der Waals surface area contributed by atoms with Crippen LogP contribution < -0.4 is 16.8 Å². The van der Waals surface area contributed by atoms with E-state index < -0.39 is 5.91 Å². The number of rotatable bonds is 3. The van der Waals surface area contributed by atoms with Gasteiger partial charge >= 0.3 is 0 Å². The number of pyridine rings is 1. The molecule has 0 aliphatic rings. The Morgan fingerprint density at radius 1 is 1.32 bits per heavy atom. The van der Waals surface area contributed by atoms with Gasteiger partial charge in [-0.2, -0.15) is 0 Å². The van der Waals surface area contributed by atoms with Crippen LogP contribution >= 0.6 is 34.2 Å². The molecule has 0 fully saturated rings.